The van der Waals surface area contributed by atoms with Crippen LogP contribution in [0.2, 0.25) is 0 Å². The van der Waals surface area contributed by atoms with Gasteiger partial charge in [0.25, 0.3) is 0 Å². The lowest BCUT2D eigenvalue weighted by molar-refractivity contribution is -0.152. The third-order valence-corrected chi connectivity index (χ3v) is 5.68. The minimum absolute atomic E-state index is 0.299. The van der Waals surface area contributed by atoms with Crippen molar-refractivity contribution in [2.75, 3.05) is 20.3 Å². The number of halogens is 1. The Labute approximate surface area is 165 Å². The standard InChI is InChI=1S/C19H20BrNO6/c1-26-16-7-6-11(8-14(16)20)15(22)10-27-17(23)9-21-18(24)12-4-2-3-5-13(12)19(21)25/h6-8,12-13H,2-5,9-10H2,1H3. The van der Waals surface area contributed by atoms with Gasteiger partial charge in [-0.25, -0.2) is 0 Å². The molecule has 2 atom stereocenters. The maximum absolute atomic E-state index is 12.4. The van der Waals surface area contributed by atoms with Crippen LogP contribution in [0.1, 0.15) is 36.0 Å². The van der Waals surface area contributed by atoms with Gasteiger partial charge in [-0.15, -0.1) is 0 Å². The van der Waals surface area contributed by atoms with E-state index in [1.807, 2.05) is 0 Å². The Hall–Kier alpha value is -2.22. The number of benzene rings is 1. The van der Waals surface area contributed by atoms with Crippen molar-refractivity contribution < 1.29 is 28.7 Å². The van der Waals surface area contributed by atoms with Crippen molar-refractivity contribution in [2.45, 2.75) is 25.7 Å². The zero-order valence-electron chi connectivity index (χ0n) is 14.9. The highest BCUT2D eigenvalue weighted by Crippen LogP contribution is 2.37. The molecule has 0 aromatic heterocycles. The Kier molecular flexibility index (Phi) is 5.94. The number of nitrogens with zero attached hydrogens (tertiary/aromatic N) is 1. The summed E-state index contributed by atoms with van der Waals surface area (Å²) in [6.45, 7) is -0.898. The van der Waals surface area contributed by atoms with Gasteiger partial charge in [0.2, 0.25) is 11.8 Å². The number of carbonyl (C=O) groups excluding carboxylic acids is 4. The quantitative estimate of drug-likeness (QED) is 0.385. The van der Waals surface area contributed by atoms with E-state index in [2.05, 4.69) is 15.9 Å². The molecule has 1 heterocycles. The summed E-state index contributed by atoms with van der Waals surface area (Å²) in [7, 11) is 1.51. The summed E-state index contributed by atoms with van der Waals surface area (Å²) >= 11 is 3.29. The largest absolute Gasteiger partial charge is 0.496 e. The van der Waals surface area contributed by atoms with Crippen LogP contribution in [0.15, 0.2) is 22.7 Å². The fourth-order valence-electron chi connectivity index (χ4n) is 3.63. The van der Waals surface area contributed by atoms with Crippen LogP contribution < -0.4 is 4.74 Å². The number of ether oxygens (including phenoxy) is 2. The number of ketones is 1. The molecule has 1 aliphatic carbocycles. The van der Waals surface area contributed by atoms with E-state index in [1.165, 1.54) is 7.11 Å². The van der Waals surface area contributed by atoms with Gasteiger partial charge >= 0.3 is 5.97 Å². The smallest absolute Gasteiger partial charge is 0.326 e. The summed E-state index contributed by atoms with van der Waals surface area (Å²) in [5.41, 5.74) is 0.356. The van der Waals surface area contributed by atoms with Gasteiger partial charge in [0.05, 0.1) is 23.4 Å². The molecule has 1 saturated heterocycles. The first-order chi connectivity index (χ1) is 12.9. The number of carbonyl (C=O) groups is 4. The van der Waals surface area contributed by atoms with E-state index < -0.39 is 19.1 Å². The van der Waals surface area contributed by atoms with E-state index in [1.54, 1.807) is 18.2 Å². The van der Waals surface area contributed by atoms with Crippen LogP contribution in [-0.4, -0.2) is 48.7 Å². The number of amides is 2. The van der Waals surface area contributed by atoms with E-state index >= 15 is 0 Å². The van der Waals surface area contributed by atoms with Gasteiger partial charge in [0.15, 0.2) is 12.4 Å². The number of likely N-dealkylation sites (tertiary alicyclic amines) is 1. The number of methoxy groups -OCH3 is 1. The van der Waals surface area contributed by atoms with Gasteiger partial charge in [0, 0.05) is 5.56 Å². The summed E-state index contributed by atoms with van der Waals surface area (Å²) in [6.07, 6.45) is 3.21. The summed E-state index contributed by atoms with van der Waals surface area (Å²) in [5, 5.41) is 0. The number of esters is 1. The fourth-order valence-corrected chi connectivity index (χ4v) is 4.17. The second kappa shape index (κ2) is 8.21. The van der Waals surface area contributed by atoms with Crippen molar-refractivity contribution in [3.63, 3.8) is 0 Å². The minimum Gasteiger partial charge on any atom is -0.496 e. The van der Waals surface area contributed by atoms with E-state index in [0.717, 1.165) is 17.7 Å². The maximum atomic E-state index is 12.4. The molecule has 2 aliphatic rings. The maximum Gasteiger partial charge on any atom is 0.326 e. The highest BCUT2D eigenvalue weighted by Gasteiger charge is 2.48. The third-order valence-electron chi connectivity index (χ3n) is 5.06. The van der Waals surface area contributed by atoms with Crippen molar-refractivity contribution >= 4 is 39.5 Å². The predicted octanol–water partition coefficient (Wildman–Crippen LogP) is 2.36. The fraction of sp³-hybridized carbons (Fsp3) is 0.474. The summed E-state index contributed by atoms with van der Waals surface area (Å²) < 4.78 is 10.7. The molecule has 1 saturated carbocycles. The van der Waals surface area contributed by atoms with Crippen molar-refractivity contribution in [3.05, 3.63) is 28.2 Å². The third kappa shape index (κ3) is 4.05. The van der Waals surface area contributed by atoms with E-state index in [9.17, 15) is 19.2 Å². The molecule has 3 rings (SSSR count). The number of imide groups is 1. The lowest BCUT2D eigenvalue weighted by atomic mass is 9.81. The average molecular weight is 438 g/mol. The van der Waals surface area contributed by atoms with E-state index in [0.29, 0.717) is 28.6 Å². The van der Waals surface area contributed by atoms with Crippen LogP contribution >= 0.6 is 15.9 Å². The Morgan fingerprint density at radius 2 is 1.78 bits per heavy atom. The van der Waals surface area contributed by atoms with Crippen molar-refractivity contribution in [1.82, 2.24) is 4.90 Å². The Morgan fingerprint density at radius 3 is 2.33 bits per heavy atom. The molecule has 1 aromatic carbocycles. The molecule has 1 aromatic rings. The minimum atomic E-state index is -0.767. The van der Waals surface area contributed by atoms with Gasteiger partial charge in [-0.05, 0) is 47.0 Å². The van der Waals surface area contributed by atoms with Gasteiger partial charge in [-0.3, -0.25) is 24.1 Å². The van der Waals surface area contributed by atoms with Gasteiger partial charge in [0.1, 0.15) is 12.3 Å². The molecule has 2 amide bonds. The molecule has 144 valence electrons. The van der Waals surface area contributed by atoms with Gasteiger partial charge < -0.3 is 9.47 Å². The molecule has 2 unspecified atom stereocenters. The van der Waals surface area contributed by atoms with Crippen molar-refractivity contribution in [1.29, 1.82) is 0 Å². The number of fused-ring (bicyclic) bond motifs is 1. The predicted molar refractivity (Wildman–Crippen MR) is 98.2 cm³/mol. The molecule has 27 heavy (non-hydrogen) atoms. The Morgan fingerprint density at radius 1 is 1.15 bits per heavy atom. The Bertz CT molecular complexity index is 768. The lowest BCUT2D eigenvalue weighted by Crippen LogP contribution is -2.37. The van der Waals surface area contributed by atoms with Crippen LogP contribution in [0.4, 0.5) is 0 Å². The number of hydrogen-bond acceptors (Lipinski definition) is 6. The summed E-state index contributed by atoms with van der Waals surface area (Å²) in [4.78, 5) is 49.9. The number of Topliss-reactive ketones (excluding diaryl/α,β-unsaturated/α-hetero) is 1. The molecule has 7 nitrogen and oxygen atoms in total. The van der Waals surface area contributed by atoms with E-state index in [-0.39, 0.29) is 29.4 Å². The van der Waals surface area contributed by atoms with Gasteiger partial charge in [-0.2, -0.15) is 0 Å². The van der Waals surface area contributed by atoms with Crippen LogP contribution in [-0.2, 0) is 19.1 Å². The highest BCUT2D eigenvalue weighted by molar-refractivity contribution is 9.10. The molecule has 1 aliphatic heterocycles. The molecule has 0 radical (unpaired) electrons. The number of hydrogen-bond donors (Lipinski definition) is 0. The first-order valence-corrected chi connectivity index (χ1v) is 9.59. The second-order valence-electron chi connectivity index (χ2n) is 6.69. The van der Waals surface area contributed by atoms with Crippen LogP contribution in [0.25, 0.3) is 0 Å². The molecule has 0 bridgehead atoms. The molecular formula is C19H20BrNO6. The zero-order valence-corrected chi connectivity index (χ0v) is 16.5. The van der Waals surface area contributed by atoms with Crippen LogP contribution in [0.3, 0.4) is 0 Å². The first kappa shape index (κ1) is 19.5. The van der Waals surface area contributed by atoms with Gasteiger partial charge in [-0.1, -0.05) is 12.8 Å². The first-order valence-electron chi connectivity index (χ1n) is 8.80. The molecule has 0 spiro atoms. The molecule has 0 N–H and O–H groups in total. The SMILES string of the molecule is COc1ccc(C(=O)COC(=O)CN2C(=O)C3CCCCC3C2=O)cc1Br. The monoisotopic (exact) mass is 437 g/mol. The number of rotatable bonds is 6. The van der Waals surface area contributed by atoms with Crippen molar-refractivity contribution in [2.24, 2.45) is 11.8 Å². The summed E-state index contributed by atoms with van der Waals surface area (Å²) in [6, 6.07) is 4.77. The zero-order chi connectivity index (χ0) is 19.6. The summed E-state index contributed by atoms with van der Waals surface area (Å²) in [5.74, 6) is -1.79. The molecule has 2 fully saturated rings. The Balaban J connectivity index is 1.55. The normalized spacial score (nSPS) is 21.8. The van der Waals surface area contributed by atoms with E-state index in [4.69, 9.17) is 9.47 Å². The lowest BCUT2D eigenvalue weighted by Gasteiger charge is -2.19. The van der Waals surface area contributed by atoms with Crippen LogP contribution in [0.5, 0.6) is 5.75 Å². The molecule has 8 heteroatoms. The highest BCUT2D eigenvalue weighted by atomic mass is 79.9. The average Bonchev–Trinajstić information content (AvgIpc) is 2.91. The topological polar surface area (TPSA) is 90.0 Å². The van der Waals surface area contributed by atoms with Crippen LogP contribution in [0, 0.1) is 11.8 Å². The second-order valence-corrected chi connectivity index (χ2v) is 7.55. The molecular weight excluding hydrogens is 418 g/mol. The van der Waals surface area contributed by atoms with Crippen molar-refractivity contribution in [3.8, 4) is 5.75 Å².